The van der Waals surface area contributed by atoms with Gasteiger partial charge in [-0.15, -0.1) is 0 Å². The third kappa shape index (κ3) is 13.7. The van der Waals surface area contributed by atoms with E-state index in [4.69, 9.17) is 48.9 Å². The summed E-state index contributed by atoms with van der Waals surface area (Å²) in [6, 6.07) is 0. The summed E-state index contributed by atoms with van der Waals surface area (Å²) in [5.41, 5.74) is 0. The largest absolute Gasteiger partial charge is 0.350 e. The average molecular weight is 828 g/mol. The number of nitrogens with zero attached hydrogens (tertiary/aromatic N) is 8. The van der Waals surface area contributed by atoms with Gasteiger partial charge in [0.25, 0.3) is 0 Å². The van der Waals surface area contributed by atoms with Gasteiger partial charge >= 0.3 is 0 Å². The third-order valence-electron chi connectivity index (χ3n) is 7.18. The van der Waals surface area contributed by atoms with Crippen LogP contribution in [0, 0.1) is 0 Å². The van der Waals surface area contributed by atoms with Crippen LogP contribution in [0.2, 0.25) is 0 Å². The van der Waals surface area contributed by atoms with Gasteiger partial charge in [-0.1, -0.05) is 27.7 Å². The number of likely N-dealkylation sites (N-methyl/N-ethyl adjacent to an activating group) is 4. The summed E-state index contributed by atoms with van der Waals surface area (Å²) in [5, 5.41) is 4.06. The van der Waals surface area contributed by atoms with Crippen LogP contribution in [-0.4, -0.2) is 166 Å². The van der Waals surface area contributed by atoms with Crippen molar-refractivity contribution in [2.24, 2.45) is 0 Å². The van der Waals surface area contributed by atoms with E-state index in [1.54, 1.807) is 0 Å². The number of hydrogen-bond donors (Lipinski definition) is 0. The Balaban J connectivity index is 0.000000516. The molecule has 0 atom stereocenters. The van der Waals surface area contributed by atoms with Crippen molar-refractivity contribution in [1.82, 2.24) is 39.2 Å². The molecule has 0 amide bonds. The molecule has 0 aliphatic carbocycles. The molecule has 4 aliphatic rings. The molecule has 242 valence electrons. The minimum atomic E-state index is 0. The van der Waals surface area contributed by atoms with E-state index in [9.17, 15) is 0 Å². The molecule has 0 N–H and O–H groups in total. The van der Waals surface area contributed by atoms with Gasteiger partial charge in [0.2, 0.25) is 0 Å². The molecular formula is C28H56N8PtS4. The van der Waals surface area contributed by atoms with Crippen LogP contribution >= 0.6 is 48.9 Å². The van der Waals surface area contributed by atoms with Crippen LogP contribution in [-0.2, 0) is 21.1 Å². The zero-order valence-electron chi connectivity index (χ0n) is 26.8. The molecule has 13 heteroatoms. The van der Waals surface area contributed by atoms with Gasteiger partial charge < -0.3 is 39.2 Å². The Bertz CT molecular complexity index is 669. The predicted molar refractivity (Wildman–Crippen MR) is 188 cm³/mol. The van der Waals surface area contributed by atoms with Gasteiger partial charge in [-0.05, 0) is 74.6 Å². The first-order chi connectivity index (χ1) is 19.0. The molecule has 8 nitrogen and oxygen atoms in total. The molecule has 0 unspecified atom stereocenters. The van der Waals surface area contributed by atoms with Gasteiger partial charge in [0.1, 0.15) is 0 Å². The molecule has 4 fully saturated rings. The minimum absolute atomic E-state index is 0. The Morgan fingerprint density at radius 1 is 0.390 bits per heavy atom. The summed E-state index contributed by atoms with van der Waals surface area (Å²) in [6.45, 7) is 22.0. The Morgan fingerprint density at radius 2 is 0.561 bits per heavy atom. The van der Waals surface area contributed by atoms with Gasteiger partial charge in [0, 0.05) is 128 Å². The van der Waals surface area contributed by atoms with Crippen molar-refractivity contribution < 1.29 is 21.1 Å². The second-order valence-corrected chi connectivity index (χ2v) is 12.2. The summed E-state index contributed by atoms with van der Waals surface area (Å²) >= 11 is 20.7. The summed E-state index contributed by atoms with van der Waals surface area (Å²) in [6.07, 6.45) is 4.75. The van der Waals surface area contributed by atoms with E-state index in [-0.39, 0.29) is 21.1 Å². The molecule has 0 saturated carbocycles. The second kappa shape index (κ2) is 22.0. The van der Waals surface area contributed by atoms with Crippen molar-refractivity contribution in [2.45, 2.75) is 53.4 Å². The molecule has 0 bridgehead atoms. The van der Waals surface area contributed by atoms with Crippen LogP contribution in [0.5, 0.6) is 0 Å². The number of rotatable bonds is 8. The van der Waals surface area contributed by atoms with Gasteiger partial charge in [0.05, 0.1) is 0 Å². The van der Waals surface area contributed by atoms with Crippen molar-refractivity contribution >= 4 is 69.3 Å². The predicted octanol–water partition coefficient (Wildman–Crippen LogP) is 3.71. The maximum Gasteiger partial charge on any atom is 0.171 e. The molecule has 4 aliphatic heterocycles. The maximum absolute atomic E-state index is 5.18. The van der Waals surface area contributed by atoms with Crippen LogP contribution in [0.1, 0.15) is 53.4 Å². The molecule has 4 heterocycles. The van der Waals surface area contributed by atoms with Crippen molar-refractivity contribution in [3.8, 4) is 0 Å². The first-order valence-electron chi connectivity index (χ1n) is 15.0. The van der Waals surface area contributed by atoms with E-state index < -0.39 is 0 Å². The Labute approximate surface area is 287 Å². The van der Waals surface area contributed by atoms with E-state index in [2.05, 4.69) is 95.1 Å². The quantitative estimate of drug-likeness (QED) is 0.335. The fraction of sp³-hybridized carbons (Fsp3) is 0.857. The Morgan fingerprint density at radius 3 is 0.659 bits per heavy atom. The molecule has 0 aromatic rings. The third-order valence-corrected chi connectivity index (χ3v) is 9.46. The van der Waals surface area contributed by atoms with Gasteiger partial charge in [-0.25, -0.2) is 0 Å². The van der Waals surface area contributed by atoms with E-state index in [0.717, 1.165) is 99.0 Å². The Kier molecular flexibility index (Phi) is 21.7. The van der Waals surface area contributed by atoms with Gasteiger partial charge in [-0.2, -0.15) is 0 Å². The normalized spacial score (nSPS) is 18.3. The summed E-state index contributed by atoms with van der Waals surface area (Å²) in [5.74, 6) is 0. The van der Waals surface area contributed by atoms with E-state index in [0.29, 0.717) is 0 Å². The second-order valence-electron chi connectivity index (χ2n) is 10.8. The standard InChI is InChI=1S/4C7H14N2S.Pt/c4*1-3-4-9-6-5-8(2)7(9)10;/h4*3-6H2,1-2H3;. The molecule has 4 saturated heterocycles. The average Bonchev–Trinajstić information content (AvgIpc) is 3.64. The molecule has 4 rings (SSSR count). The van der Waals surface area contributed by atoms with Crippen molar-refractivity contribution in [3.63, 3.8) is 0 Å². The zero-order valence-corrected chi connectivity index (χ0v) is 32.4. The fourth-order valence-corrected chi connectivity index (χ4v) is 5.82. The van der Waals surface area contributed by atoms with Crippen molar-refractivity contribution in [1.29, 1.82) is 0 Å². The van der Waals surface area contributed by atoms with Crippen LogP contribution in [0.4, 0.5) is 0 Å². The van der Waals surface area contributed by atoms with Crippen LogP contribution in [0.15, 0.2) is 0 Å². The van der Waals surface area contributed by atoms with Crippen molar-refractivity contribution in [3.05, 3.63) is 0 Å². The molecule has 41 heavy (non-hydrogen) atoms. The smallest absolute Gasteiger partial charge is 0.171 e. The molecule has 0 radical (unpaired) electrons. The molecule has 0 aromatic carbocycles. The van der Waals surface area contributed by atoms with Crippen LogP contribution < -0.4 is 0 Å². The number of thiocarbonyl (C=S) groups is 4. The van der Waals surface area contributed by atoms with Gasteiger partial charge in [-0.3, -0.25) is 0 Å². The van der Waals surface area contributed by atoms with Crippen molar-refractivity contribution in [2.75, 3.05) is 107 Å². The summed E-state index contributed by atoms with van der Waals surface area (Å²) in [7, 11) is 8.21. The van der Waals surface area contributed by atoms with E-state index >= 15 is 0 Å². The first kappa shape index (κ1) is 40.4. The minimum Gasteiger partial charge on any atom is -0.350 e. The van der Waals surface area contributed by atoms with Crippen LogP contribution in [0.3, 0.4) is 0 Å². The fourth-order valence-electron chi connectivity index (χ4n) is 4.72. The number of hydrogen-bond acceptors (Lipinski definition) is 4. The Hall–Kier alpha value is -0.552. The molecular weight excluding hydrogens is 772 g/mol. The summed E-state index contributed by atoms with van der Waals surface area (Å²) in [4.78, 5) is 17.6. The monoisotopic (exact) mass is 827 g/mol. The first-order valence-corrected chi connectivity index (χ1v) is 16.7. The topological polar surface area (TPSA) is 25.9 Å². The van der Waals surface area contributed by atoms with E-state index in [1.807, 2.05) is 0 Å². The maximum atomic E-state index is 5.18. The van der Waals surface area contributed by atoms with Crippen LogP contribution in [0.25, 0.3) is 0 Å². The zero-order chi connectivity index (χ0) is 30.2. The molecule has 0 aromatic heterocycles. The molecule has 0 spiro atoms. The van der Waals surface area contributed by atoms with Gasteiger partial charge in [0.15, 0.2) is 20.4 Å². The van der Waals surface area contributed by atoms with E-state index in [1.165, 1.54) is 25.7 Å². The summed E-state index contributed by atoms with van der Waals surface area (Å²) < 4.78 is 0. The SMILES string of the molecule is CCCN1CCN(C)C1=S.CCCN1CCN(C)C1=S.CCCN1CCN(C)C1=S.CCCN1CCN(C)C1=S.[Pt].